The molecule has 2 heterocycles. The summed E-state index contributed by atoms with van der Waals surface area (Å²) in [5.41, 5.74) is 1.05. The lowest BCUT2D eigenvalue weighted by Crippen LogP contribution is -2.19. The number of hydrogen-bond donors (Lipinski definition) is 2. The number of benzene rings is 1. The molecule has 0 amide bonds. The van der Waals surface area contributed by atoms with Gasteiger partial charge in [0, 0.05) is 36.8 Å². The summed E-state index contributed by atoms with van der Waals surface area (Å²) in [5, 5.41) is 11.1. The number of rotatable bonds is 11. The summed E-state index contributed by atoms with van der Waals surface area (Å²) < 4.78 is 38.2. The Hall–Kier alpha value is -2.32. The van der Waals surface area contributed by atoms with Crippen LogP contribution in [0.15, 0.2) is 39.5 Å². The van der Waals surface area contributed by atoms with Gasteiger partial charge in [0.1, 0.15) is 11.5 Å². The minimum Gasteiger partial charge on any atom is -0.507 e. The fourth-order valence-electron chi connectivity index (χ4n) is 5.40. The molecule has 3 fully saturated rings. The van der Waals surface area contributed by atoms with E-state index in [1.807, 2.05) is 6.07 Å². The van der Waals surface area contributed by atoms with E-state index < -0.39 is 15.6 Å². The van der Waals surface area contributed by atoms with Crippen molar-refractivity contribution in [1.82, 2.24) is 0 Å². The third-order valence-electron chi connectivity index (χ3n) is 7.65. The van der Waals surface area contributed by atoms with Crippen LogP contribution in [0, 0.1) is 17.8 Å². The van der Waals surface area contributed by atoms with Gasteiger partial charge < -0.3 is 14.3 Å². The quantitative estimate of drug-likeness (QED) is 0.451. The van der Waals surface area contributed by atoms with Gasteiger partial charge in [-0.05, 0) is 74.5 Å². The zero-order chi connectivity index (χ0) is 24.6. The average Bonchev–Trinajstić information content (AvgIpc) is 3.75. The van der Waals surface area contributed by atoms with E-state index in [0.717, 1.165) is 50.9 Å². The van der Waals surface area contributed by atoms with Gasteiger partial charge in [-0.15, -0.1) is 0 Å². The Morgan fingerprint density at radius 3 is 2.49 bits per heavy atom. The van der Waals surface area contributed by atoms with Crippen molar-refractivity contribution in [2.24, 2.45) is 17.8 Å². The molecule has 8 heteroatoms. The standard InChI is InChI=1S/C27H35NO6S/c1-2-35(31,32)28-22-5-3-4-20(14-22)25(19-8-9-19)26-23(29)15-24(34-27(26)30)21(12-17-6-7-17)13-18-10-11-33-16-18/h3-5,14-15,17-19,21,25,28-29H,2,6-13,16H2,1H3. The molecule has 1 saturated heterocycles. The Morgan fingerprint density at radius 2 is 1.86 bits per heavy atom. The largest absolute Gasteiger partial charge is 0.507 e. The molecule has 3 aliphatic rings. The first-order chi connectivity index (χ1) is 16.8. The highest BCUT2D eigenvalue weighted by Gasteiger charge is 2.38. The Bertz CT molecular complexity index is 1210. The molecule has 0 bridgehead atoms. The molecular weight excluding hydrogens is 466 g/mol. The van der Waals surface area contributed by atoms with Crippen LogP contribution in [0.2, 0.25) is 0 Å². The van der Waals surface area contributed by atoms with Crippen LogP contribution >= 0.6 is 0 Å². The maximum Gasteiger partial charge on any atom is 0.343 e. The molecule has 2 aliphatic carbocycles. The monoisotopic (exact) mass is 501 g/mol. The third kappa shape index (κ3) is 5.92. The predicted molar refractivity (Wildman–Crippen MR) is 134 cm³/mol. The fourth-order valence-corrected chi connectivity index (χ4v) is 6.03. The van der Waals surface area contributed by atoms with Crippen LogP contribution in [0.25, 0.3) is 0 Å². The van der Waals surface area contributed by atoms with Crippen molar-refractivity contribution in [1.29, 1.82) is 0 Å². The maximum absolute atomic E-state index is 13.3. The Balaban J connectivity index is 1.46. The summed E-state index contributed by atoms with van der Waals surface area (Å²) in [4.78, 5) is 13.3. The summed E-state index contributed by atoms with van der Waals surface area (Å²) >= 11 is 0. The number of hydrogen-bond acceptors (Lipinski definition) is 6. The van der Waals surface area contributed by atoms with Crippen LogP contribution in [0.5, 0.6) is 5.75 Å². The SMILES string of the molecule is CCS(=O)(=O)Nc1cccc(C(c2c(O)cc(C(CC3CC3)CC3CCOC3)oc2=O)C2CC2)c1. The summed E-state index contributed by atoms with van der Waals surface area (Å²) in [5.74, 6) is 1.65. The zero-order valence-electron chi connectivity index (χ0n) is 20.2. The first kappa shape index (κ1) is 24.4. The normalized spacial score (nSPS) is 22.1. The van der Waals surface area contributed by atoms with Crippen LogP contribution < -0.4 is 10.3 Å². The molecule has 190 valence electrons. The van der Waals surface area contributed by atoms with Crippen molar-refractivity contribution in [3.05, 3.63) is 57.6 Å². The van der Waals surface area contributed by atoms with Crippen molar-refractivity contribution < 1.29 is 22.7 Å². The second kappa shape index (κ2) is 9.97. The number of aromatic hydroxyl groups is 1. The Morgan fingerprint density at radius 1 is 1.09 bits per heavy atom. The smallest absolute Gasteiger partial charge is 0.343 e. The fraction of sp³-hybridized carbons (Fsp3) is 0.593. The molecule has 1 aliphatic heterocycles. The summed E-state index contributed by atoms with van der Waals surface area (Å²) in [7, 11) is -3.42. The van der Waals surface area contributed by atoms with E-state index in [0.29, 0.717) is 23.3 Å². The lowest BCUT2D eigenvalue weighted by molar-refractivity contribution is 0.180. The molecule has 2 aromatic rings. The maximum atomic E-state index is 13.3. The summed E-state index contributed by atoms with van der Waals surface area (Å²) in [6, 6.07) is 8.79. The molecule has 7 nitrogen and oxygen atoms in total. The molecule has 1 aromatic heterocycles. The van der Waals surface area contributed by atoms with Gasteiger partial charge in [-0.25, -0.2) is 13.2 Å². The van der Waals surface area contributed by atoms with Gasteiger partial charge in [0.2, 0.25) is 10.0 Å². The van der Waals surface area contributed by atoms with E-state index in [4.69, 9.17) is 9.15 Å². The number of ether oxygens (including phenoxy) is 1. The Kier molecular flexibility index (Phi) is 6.95. The van der Waals surface area contributed by atoms with Crippen molar-refractivity contribution in [2.75, 3.05) is 23.7 Å². The summed E-state index contributed by atoms with van der Waals surface area (Å²) in [6.07, 6.45) is 7.23. The Labute approximate surface area is 206 Å². The molecular formula is C27H35NO6S. The van der Waals surface area contributed by atoms with Crippen molar-refractivity contribution >= 4 is 15.7 Å². The third-order valence-corrected chi connectivity index (χ3v) is 8.95. The van der Waals surface area contributed by atoms with Crippen LogP contribution in [-0.4, -0.2) is 32.5 Å². The van der Waals surface area contributed by atoms with Crippen LogP contribution in [0.3, 0.4) is 0 Å². The van der Waals surface area contributed by atoms with E-state index in [1.54, 1.807) is 31.2 Å². The van der Waals surface area contributed by atoms with Gasteiger partial charge in [0.25, 0.3) is 0 Å². The van der Waals surface area contributed by atoms with E-state index in [9.17, 15) is 18.3 Å². The van der Waals surface area contributed by atoms with Crippen LogP contribution in [0.4, 0.5) is 5.69 Å². The topological polar surface area (TPSA) is 106 Å². The van der Waals surface area contributed by atoms with E-state index in [-0.39, 0.29) is 34.8 Å². The molecule has 0 spiro atoms. The first-order valence-electron chi connectivity index (χ1n) is 12.9. The lowest BCUT2D eigenvalue weighted by atomic mass is 9.85. The molecule has 1 aromatic carbocycles. The van der Waals surface area contributed by atoms with Crippen LogP contribution in [-0.2, 0) is 14.8 Å². The molecule has 5 rings (SSSR count). The summed E-state index contributed by atoms with van der Waals surface area (Å²) in [6.45, 7) is 3.11. The van der Waals surface area contributed by atoms with Gasteiger partial charge in [-0.1, -0.05) is 25.0 Å². The van der Waals surface area contributed by atoms with Crippen LogP contribution in [0.1, 0.15) is 80.6 Å². The second-order valence-corrected chi connectivity index (χ2v) is 12.5. The first-order valence-corrected chi connectivity index (χ1v) is 14.5. The van der Waals surface area contributed by atoms with E-state index in [1.165, 1.54) is 12.8 Å². The number of anilines is 1. The lowest BCUT2D eigenvalue weighted by Gasteiger charge is -2.22. The van der Waals surface area contributed by atoms with Gasteiger partial charge in [0.05, 0.1) is 11.3 Å². The van der Waals surface area contributed by atoms with E-state index in [2.05, 4.69) is 4.72 Å². The minimum absolute atomic E-state index is 0.0174. The highest BCUT2D eigenvalue weighted by atomic mass is 32.2. The van der Waals surface area contributed by atoms with E-state index >= 15 is 0 Å². The minimum atomic E-state index is -3.42. The highest BCUT2D eigenvalue weighted by molar-refractivity contribution is 7.92. The van der Waals surface area contributed by atoms with Gasteiger partial charge in [-0.2, -0.15) is 0 Å². The van der Waals surface area contributed by atoms with Crippen molar-refractivity contribution in [2.45, 2.75) is 63.7 Å². The highest BCUT2D eigenvalue weighted by Crippen LogP contribution is 2.49. The predicted octanol–water partition coefficient (Wildman–Crippen LogP) is 4.96. The molecule has 35 heavy (non-hydrogen) atoms. The van der Waals surface area contributed by atoms with Gasteiger partial charge in [0.15, 0.2) is 0 Å². The van der Waals surface area contributed by atoms with Crippen molar-refractivity contribution in [3.63, 3.8) is 0 Å². The average molecular weight is 502 g/mol. The molecule has 2 N–H and O–H groups in total. The van der Waals surface area contributed by atoms with Crippen molar-refractivity contribution in [3.8, 4) is 5.75 Å². The van der Waals surface area contributed by atoms with Gasteiger partial charge in [-0.3, -0.25) is 4.72 Å². The second-order valence-electron chi connectivity index (χ2n) is 10.5. The molecule has 3 atom stereocenters. The number of nitrogens with one attached hydrogen (secondary N) is 1. The molecule has 2 saturated carbocycles. The zero-order valence-corrected chi connectivity index (χ0v) is 21.1. The molecule has 0 radical (unpaired) electrons. The van der Waals surface area contributed by atoms with Gasteiger partial charge >= 0.3 is 5.63 Å². The molecule has 3 unspecified atom stereocenters. The number of sulfonamides is 1.